The fraction of sp³-hybridized carbons (Fsp3) is 1.00. The van der Waals surface area contributed by atoms with Crippen LogP contribution < -0.4 is 0 Å². The summed E-state index contributed by atoms with van der Waals surface area (Å²) in [7, 11) is 0. The molecule has 4 atom stereocenters. The molecule has 17 heavy (non-hydrogen) atoms. The van der Waals surface area contributed by atoms with Crippen LogP contribution in [0.1, 0.15) is 27.2 Å². The lowest BCUT2D eigenvalue weighted by atomic mass is 9.82. The van der Waals surface area contributed by atoms with Crippen LogP contribution in [-0.2, 0) is 14.3 Å². The summed E-state index contributed by atoms with van der Waals surface area (Å²) in [6, 6.07) is 0. The normalized spacial score (nSPS) is 36.9. The number of fused-ring (bicyclic) bond motifs is 1. The molecular weight excluding hydrogens is 226 g/mol. The summed E-state index contributed by atoms with van der Waals surface area (Å²) in [6.07, 6.45) is 0.0752. The molecule has 0 spiro atoms. The monoisotopic (exact) mass is 245 g/mol. The van der Waals surface area contributed by atoms with E-state index in [0.717, 1.165) is 6.42 Å². The van der Waals surface area contributed by atoms with Gasteiger partial charge in [0.15, 0.2) is 6.10 Å². The SMILES string of the molecule is CC(C)(C)C[C@@H]1CO[C@H]2[C@@H]1OC[C@@H]2O[N+](=O)[O-]. The fourth-order valence-electron chi connectivity index (χ4n) is 2.71. The van der Waals surface area contributed by atoms with Crippen molar-refractivity contribution >= 4 is 0 Å². The lowest BCUT2D eigenvalue weighted by Gasteiger charge is -2.25. The van der Waals surface area contributed by atoms with Gasteiger partial charge in [-0.05, 0) is 11.8 Å². The van der Waals surface area contributed by atoms with Crippen LogP contribution in [-0.4, -0.2) is 36.6 Å². The van der Waals surface area contributed by atoms with Gasteiger partial charge in [-0.15, -0.1) is 10.1 Å². The third-order valence-electron chi connectivity index (χ3n) is 3.21. The second kappa shape index (κ2) is 4.42. The third-order valence-corrected chi connectivity index (χ3v) is 3.21. The molecule has 6 nitrogen and oxygen atoms in total. The summed E-state index contributed by atoms with van der Waals surface area (Å²) < 4.78 is 11.2. The van der Waals surface area contributed by atoms with Crippen molar-refractivity contribution in [2.45, 2.75) is 45.5 Å². The van der Waals surface area contributed by atoms with E-state index >= 15 is 0 Å². The molecule has 98 valence electrons. The molecule has 2 saturated heterocycles. The second-order valence-corrected chi connectivity index (χ2v) is 5.99. The minimum Gasteiger partial charge on any atom is -0.373 e. The van der Waals surface area contributed by atoms with Gasteiger partial charge in [0, 0.05) is 5.92 Å². The topological polar surface area (TPSA) is 70.8 Å². The molecule has 0 N–H and O–H groups in total. The van der Waals surface area contributed by atoms with Crippen molar-refractivity contribution in [2.75, 3.05) is 13.2 Å². The zero-order chi connectivity index (χ0) is 12.6. The molecule has 0 amide bonds. The van der Waals surface area contributed by atoms with Gasteiger partial charge >= 0.3 is 0 Å². The van der Waals surface area contributed by atoms with Gasteiger partial charge in [0.2, 0.25) is 0 Å². The summed E-state index contributed by atoms with van der Waals surface area (Å²) >= 11 is 0. The average molecular weight is 245 g/mol. The van der Waals surface area contributed by atoms with E-state index in [4.69, 9.17) is 9.47 Å². The van der Waals surface area contributed by atoms with E-state index in [1.807, 2.05) is 0 Å². The molecule has 2 heterocycles. The van der Waals surface area contributed by atoms with E-state index in [2.05, 4.69) is 25.6 Å². The molecule has 0 aromatic rings. The molecule has 0 aromatic carbocycles. The highest BCUT2D eigenvalue weighted by Gasteiger charge is 2.49. The van der Waals surface area contributed by atoms with Gasteiger partial charge in [-0.1, -0.05) is 20.8 Å². The number of hydrogen-bond donors (Lipinski definition) is 0. The van der Waals surface area contributed by atoms with Crippen LogP contribution >= 0.6 is 0 Å². The number of hydrogen-bond acceptors (Lipinski definition) is 5. The summed E-state index contributed by atoms with van der Waals surface area (Å²) in [6.45, 7) is 7.35. The van der Waals surface area contributed by atoms with Gasteiger partial charge in [0.1, 0.15) is 6.10 Å². The third kappa shape index (κ3) is 2.87. The Balaban J connectivity index is 1.95. The summed E-state index contributed by atoms with van der Waals surface area (Å²) in [5.41, 5.74) is 0.203. The van der Waals surface area contributed by atoms with Crippen molar-refractivity contribution in [3.8, 4) is 0 Å². The van der Waals surface area contributed by atoms with Crippen LogP contribution in [0.2, 0.25) is 0 Å². The molecule has 2 aliphatic rings. The molecule has 0 radical (unpaired) electrons. The van der Waals surface area contributed by atoms with Crippen molar-refractivity contribution in [3.63, 3.8) is 0 Å². The Morgan fingerprint density at radius 1 is 1.29 bits per heavy atom. The van der Waals surface area contributed by atoms with Gasteiger partial charge in [-0.25, -0.2) is 0 Å². The van der Waals surface area contributed by atoms with E-state index in [9.17, 15) is 10.1 Å². The standard InChI is InChI=1S/C11H19NO5/c1-11(2,3)4-7-5-15-10-8(17-12(13)14)6-16-9(7)10/h7-10H,4-6H2,1-3H3/t7-,8+,9-,10-/m1/s1. The highest BCUT2D eigenvalue weighted by molar-refractivity contribution is 4.95. The first-order valence-corrected chi connectivity index (χ1v) is 5.91. The molecule has 6 heteroatoms. The average Bonchev–Trinajstić information content (AvgIpc) is 2.68. The van der Waals surface area contributed by atoms with E-state index in [1.165, 1.54) is 0 Å². The van der Waals surface area contributed by atoms with Gasteiger partial charge in [-0.3, -0.25) is 0 Å². The lowest BCUT2D eigenvalue weighted by molar-refractivity contribution is -0.769. The van der Waals surface area contributed by atoms with Gasteiger partial charge in [0.25, 0.3) is 5.09 Å². The molecule has 2 rings (SSSR count). The quantitative estimate of drug-likeness (QED) is 0.555. The van der Waals surface area contributed by atoms with Crippen LogP contribution in [0.15, 0.2) is 0 Å². The number of ether oxygens (including phenoxy) is 2. The largest absolute Gasteiger partial charge is 0.373 e. The van der Waals surface area contributed by atoms with Crippen molar-refractivity contribution in [1.82, 2.24) is 0 Å². The van der Waals surface area contributed by atoms with Gasteiger partial charge in [-0.2, -0.15) is 0 Å². The van der Waals surface area contributed by atoms with Crippen LogP contribution in [0.25, 0.3) is 0 Å². The zero-order valence-corrected chi connectivity index (χ0v) is 10.4. The first kappa shape index (κ1) is 12.6. The van der Waals surface area contributed by atoms with Crippen LogP contribution in [0.3, 0.4) is 0 Å². The smallest absolute Gasteiger partial charge is 0.294 e. The molecule has 0 aliphatic carbocycles. The predicted molar refractivity (Wildman–Crippen MR) is 58.9 cm³/mol. The summed E-state index contributed by atoms with van der Waals surface area (Å²) in [5, 5.41) is 9.56. The maximum atomic E-state index is 10.3. The molecule has 0 unspecified atom stereocenters. The van der Waals surface area contributed by atoms with Crippen molar-refractivity contribution in [2.24, 2.45) is 11.3 Å². The Labute approximate surface area is 100 Å². The highest BCUT2D eigenvalue weighted by Crippen LogP contribution is 2.38. The second-order valence-electron chi connectivity index (χ2n) is 5.99. The van der Waals surface area contributed by atoms with E-state index in [1.54, 1.807) is 0 Å². The fourth-order valence-corrected chi connectivity index (χ4v) is 2.71. The van der Waals surface area contributed by atoms with Crippen LogP contribution in [0, 0.1) is 21.4 Å². The first-order chi connectivity index (χ1) is 7.87. The number of rotatable bonds is 3. The Kier molecular flexibility index (Phi) is 3.27. The predicted octanol–water partition coefficient (Wildman–Crippen LogP) is 1.41. The first-order valence-electron chi connectivity index (χ1n) is 5.91. The van der Waals surface area contributed by atoms with Crippen molar-refractivity contribution < 1.29 is 19.4 Å². The van der Waals surface area contributed by atoms with Crippen LogP contribution in [0.4, 0.5) is 0 Å². The molecular formula is C11H19NO5. The Morgan fingerprint density at radius 2 is 1.94 bits per heavy atom. The molecule has 0 aromatic heterocycles. The van der Waals surface area contributed by atoms with Crippen molar-refractivity contribution in [1.29, 1.82) is 0 Å². The molecule has 2 aliphatic heterocycles. The lowest BCUT2D eigenvalue weighted by Crippen LogP contribution is -2.33. The van der Waals surface area contributed by atoms with E-state index in [-0.39, 0.29) is 24.2 Å². The Morgan fingerprint density at radius 3 is 2.53 bits per heavy atom. The summed E-state index contributed by atoms with van der Waals surface area (Å²) in [4.78, 5) is 14.9. The molecule has 0 bridgehead atoms. The highest BCUT2D eigenvalue weighted by atomic mass is 17.0. The van der Waals surface area contributed by atoms with E-state index < -0.39 is 11.2 Å². The Bertz CT molecular complexity index is 301. The minimum absolute atomic E-state index is 0.0563. The Hall–Kier alpha value is -0.880. The maximum absolute atomic E-state index is 10.3. The maximum Gasteiger partial charge on any atom is 0.294 e. The van der Waals surface area contributed by atoms with Crippen molar-refractivity contribution in [3.05, 3.63) is 10.1 Å². The summed E-state index contributed by atoms with van der Waals surface area (Å²) in [5.74, 6) is 0.306. The zero-order valence-electron chi connectivity index (χ0n) is 10.4. The minimum atomic E-state index is -0.767. The number of nitrogens with zero attached hydrogens (tertiary/aromatic N) is 1. The van der Waals surface area contributed by atoms with Crippen LogP contribution in [0.5, 0.6) is 0 Å². The van der Waals surface area contributed by atoms with Gasteiger partial charge < -0.3 is 14.3 Å². The molecule has 2 fully saturated rings. The van der Waals surface area contributed by atoms with Gasteiger partial charge in [0.05, 0.1) is 19.3 Å². The van der Waals surface area contributed by atoms with E-state index in [0.29, 0.717) is 12.5 Å². The molecule has 0 saturated carbocycles.